The van der Waals surface area contributed by atoms with Crippen molar-refractivity contribution in [2.75, 3.05) is 0 Å². The van der Waals surface area contributed by atoms with Gasteiger partial charge in [0.05, 0.1) is 23.1 Å². The van der Waals surface area contributed by atoms with Crippen molar-refractivity contribution < 1.29 is 26.4 Å². The molecule has 0 unspecified atom stereocenters. The van der Waals surface area contributed by atoms with E-state index in [1.54, 1.807) is 17.6 Å². The molecule has 0 aliphatic carbocycles. The number of hydrogen-bond donors (Lipinski definition) is 1. The number of fused-ring (bicyclic) bond motifs is 1. The number of aromatic nitrogens is 2. The molecule has 3 rings (SSSR count). The number of unbranched alkanes of at least 4 members (excludes halogenated alkanes) is 1. The minimum atomic E-state index is -4.51. The summed E-state index contributed by atoms with van der Waals surface area (Å²) in [6.45, 7) is 3.72. The SMILES string of the molecule is CCC/C=C/S(=O)(=O)NC(=O)c1ccc2nc(C)n(Cc3ccc(C(F)(F)F)cc3Cl)c2c1. The number of rotatable bonds is 7. The Morgan fingerprint density at radius 3 is 2.58 bits per heavy atom. The van der Waals surface area contributed by atoms with Crippen LogP contribution < -0.4 is 4.72 Å². The van der Waals surface area contributed by atoms with Crippen LogP contribution in [0.5, 0.6) is 0 Å². The fourth-order valence-electron chi connectivity index (χ4n) is 3.19. The molecular weight excluding hydrogens is 479 g/mol. The third-order valence-corrected chi connectivity index (χ3v) is 6.25. The van der Waals surface area contributed by atoms with Crippen molar-refractivity contribution in [3.63, 3.8) is 0 Å². The summed E-state index contributed by atoms with van der Waals surface area (Å²) >= 11 is 6.09. The molecule has 1 heterocycles. The number of alkyl halides is 3. The highest BCUT2D eigenvalue weighted by Gasteiger charge is 2.31. The van der Waals surface area contributed by atoms with Crippen LogP contribution >= 0.6 is 11.6 Å². The van der Waals surface area contributed by atoms with Gasteiger partial charge in [-0.25, -0.2) is 18.1 Å². The zero-order valence-corrected chi connectivity index (χ0v) is 19.4. The maximum Gasteiger partial charge on any atom is 0.416 e. The molecule has 0 bridgehead atoms. The first-order valence-corrected chi connectivity index (χ1v) is 11.9. The van der Waals surface area contributed by atoms with Gasteiger partial charge in [-0.05, 0) is 49.2 Å². The fourth-order valence-corrected chi connectivity index (χ4v) is 4.26. The van der Waals surface area contributed by atoms with E-state index in [2.05, 4.69) is 4.98 Å². The van der Waals surface area contributed by atoms with Crippen molar-refractivity contribution in [1.29, 1.82) is 0 Å². The average Bonchev–Trinajstić information content (AvgIpc) is 3.02. The summed E-state index contributed by atoms with van der Waals surface area (Å²) in [5, 5.41) is 0.901. The summed E-state index contributed by atoms with van der Waals surface area (Å²) in [5.41, 5.74) is 0.727. The number of carbonyl (C=O) groups excluding carboxylic acids is 1. The molecule has 6 nitrogen and oxygen atoms in total. The zero-order valence-electron chi connectivity index (χ0n) is 17.8. The highest BCUT2D eigenvalue weighted by Crippen LogP contribution is 2.32. The van der Waals surface area contributed by atoms with Crippen molar-refractivity contribution >= 4 is 38.6 Å². The number of halogens is 4. The van der Waals surface area contributed by atoms with Gasteiger partial charge in [-0.1, -0.05) is 37.1 Å². The van der Waals surface area contributed by atoms with E-state index in [1.165, 1.54) is 24.3 Å². The molecule has 3 aromatic rings. The smallest absolute Gasteiger partial charge is 0.324 e. The van der Waals surface area contributed by atoms with Gasteiger partial charge in [-0.3, -0.25) is 4.79 Å². The van der Waals surface area contributed by atoms with Gasteiger partial charge < -0.3 is 4.57 Å². The lowest BCUT2D eigenvalue weighted by molar-refractivity contribution is -0.137. The van der Waals surface area contributed by atoms with Crippen molar-refractivity contribution in [2.45, 2.75) is 39.4 Å². The quantitative estimate of drug-likeness (QED) is 0.469. The van der Waals surface area contributed by atoms with Gasteiger partial charge >= 0.3 is 6.18 Å². The second-order valence-corrected chi connectivity index (χ2v) is 9.36. The van der Waals surface area contributed by atoms with Crippen LogP contribution in [0.25, 0.3) is 11.0 Å². The second-order valence-electron chi connectivity index (χ2n) is 7.39. The first-order chi connectivity index (χ1) is 15.4. The lowest BCUT2D eigenvalue weighted by Gasteiger charge is -2.12. The van der Waals surface area contributed by atoms with E-state index >= 15 is 0 Å². The zero-order chi connectivity index (χ0) is 24.4. The Bertz CT molecular complexity index is 1330. The molecule has 11 heteroatoms. The number of allylic oxidation sites excluding steroid dienone is 1. The summed E-state index contributed by atoms with van der Waals surface area (Å²) in [6, 6.07) is 7.61. The van der Waals surface area contributed by atoms with Crippen LogP contribution in [-0.2, 0) is 22.7 Å². The molecule has 0 saturated heterocycles. The van der Waals surface area contributed by atoms with E-state index in [0.717, 1.165) is 24.0 Å². The number of hydrogen-bond acceptors (Lipinski definition) is 4. The van der Waals surface area contributed by atoms with Gasteiger partial charge in [0.25, 0.3) is 15.9 Å². The predicted octanol–water partition coefficient (Wildman–Crippen LogP) is 5.44. The summed E-state index contributed by atoms with van der Waals surface area (Å²) < 4.78 is 66.6. The van der Waals surface area contributed by atoms with Crippen LogP contribution in [0.3, 0.4) is 0 Å². The second kappa shape index (κ2) is 9.56. The molecule has 0 fully saturated rings. The molecule has 0 spiro atoms. The van der Waals surface area contributed by atoms with Crippen LogP contribution in [-0.4, -0.2) is 23.9 Å². The number of sulfonamides is 1. The molecule has 176 valence electrons. The van der Waals surface area contributed by atoms with Gasteiger partial charge in [0.1, 0.15) is 5.82 Å². The summed E-state index contributed by atoms with van der Waals surface area (Å²) in [5.74, 6) is -0.260. The average molecular weight is 500 g/mol. The molecule has 33 heavy (non-hydrogen) atoms. The highest BCUT2D eigenvalue weighted by molar-refractivity contribution is 7.92. The number of amides is 1. The standard InChI is InChI=1S/C22H21ClF3N3O3S/c1-3-4-5-10-33(31,32)28-21(30)15-7-9-19-20(11-15)29(14(2)27-19)13-16-6-8-17(12-18(16)23)22(24,25)26/h5-12H,3-4,13H2,1-2H3,(H,28,30)/b10-5+. The summed E-state index contributed by atoms with van der Waals surface area (Å²) in [4.78, 5) is 16.9. The molecule has 1 N–H and O–H groups in total. The Labute approximate surface area is 194 Å². The van der Waals surface area contributed by atoms with E-state index < -0.39 is 27.7 Å². The first kappa shape index (κ1) is 24.8. The van der Waals surface area contributed by atoms with Crippen LogP contribution in [0.4, 0.5) is 13.2 Å². The Morgan fingerprint density at radius 2 is 1.94 bits per heavy atom. The van der Waals surface area contributed by atoms with Gasteiger partial charge in [0.15, 0.2) is 0 Å². The van der Waals surface area contributed by atoms with E-state index in [1.807, 2.05) is 11.6 Å². The Hall–Kier alpha value is -2.85. The van der Waals surface area contributed by atoms with Crippen molar-refractivity contribution in [1.82, 2.24) is 14.3 Å². The van der Waals surface area contributed by atoms with E-state index in [4.69, 9.17) is 11.6 Å². The normalized spacial score (nSPS) is 12.5. The van der Waals surface area contributed by atoms with Gasteiger partial charge in [0.2, 0.25) is 0 Å². The minimum absolute atomic E-state index is 0.0510. The van der Waals surface area contributed by atoms with Gasteiger partial charge in [0, 0.05) is 16.0 Å². The molecule has 1 aromatic heterocycles. The van der Waals surface area contributed by atoms with E-state index in [0.29, 0.717) is 28.8 Å². The van der Waals surface area contributed by atoms with Crippen molar-refractivity contribution in [3.8, 4) is 0 Å². The fraction of sp³-hybridized carbons (Fsp3) is 0.273. The number of benzene rings is 2. The number of nitrogens with one attached hydrogen (secondary N) is 1. The first-order valence-electron chi connectivity index (χ1n) is 9.97. The monoisotopic (exact) mass is 499 g/mol. The van der Waals surface area contributed by atoms with Crippen LogP contribution in [0, 0.1) is 6.92 Å². The van der Waals surface area contributed by atoms with Gasteiger partial charge in [-0.2, -0.15) is 13.2 Å². The lowest BCUT2D eigenvalue weighted by Crippen LogP contribution is -2.28. The number of imidazole rings is 1. The molecular formula is C22H21ClF3N3O3S. The van der Waals surface area contributed by atoms with E-state index in [9.17, 15) is 26.4 Å². The Kier molecular flexibility index (Phi) is 7.18. The minimum Gasteiger partial charge on any atom is -0.324 e. The maximum atomic E-state index is 12.9. The molecule has 0 atom stereocenters. The van der Waals surface area contributed by atoms with Crippen LogP contribution in [0.1, 0.15) is 47.1 Å². The lowest BCUT2D eigenvalue weighted by atomic mass is 10.1. The largest absolute Gasteiger partial charge is 0.416 e. The Morgan fingerprint density at radius 1 is 1.21 bits per heavy atom. The third-order valence-electron chi connectivity index (χ3n) is 4.88. The molecule has 0 aliphatic heterocycles. The summed E-state index contributed by atoms with van der Waals surface area (Å²) in [7, 11) is -3.94. The maximum absolute atomic E-state index is 12.9. The number of aryl methyl sites for hydroxylation is 1. The summed E-state index contributed by atoms with van der Waals surface area (Å²) in [6.07, 6.45) is -1.71. The van der Waals surface area contributed by atoms with Gasteiger partial charge in [-0.15, -0.1) is 0 Å². The Balaban J connectivity index is 1.92. The molecule has 0 radical (unpaired) electrons. The molecule has 0 aliphatic rings. The van der Waals surface area contributed by atoms with Crippen molar-refractivity contribution in [2.24, 2.45) is 0 Å². The molecule has 2 aromatic carbocycles. The van der Waals surface area contributed by atoms with Crippen LogP contribution in [0.2, 0.25) is 5.02 Å². The molecule has 1 amide bonds. The highest BCUT2D eigenvalue weighted by atomic mass is 35.5. The topological polar surface area (TPSA) is 81.1 Å². The van der Waals surface area contributed by atoms with Crippen molar-refractivity contribution in [3.05, 3.63) is 75.4 Å². The number of carbonyl (C=O) groups is 1. The number of nitrogens with zero attached hydrogens (tertiary/aromatic N) is 2. The van der Waals surface area contributed by atoms with E-state index in [-0.39, 0.29) is 17.1 Å². The molecule has 0 saturated carbocycles. The predicted molar refractivity (Wildman–Crippen MR) is 120 cm³/mol. The third kappa shape index (κ3) is 5.94. The van der Waals surface area contributed by atoms with Crippen LogP contribution in [0.15, 0.2) is 47.9 Å².